The predicted molar refractivity (Wildman–Crippen MR) is 84.2 cm³/mol. The van der Waals surface area contributed by atoms with E-state index in [1.165, 1.54) is 24.8 Å². The minimum absolute atomic E-state index is 0.380. The number of benzene rings is 1. The maximum absolute atomic E-state index is 6.25. The topological polar surface area (TPSA) is 35.0 Å². The van der Waals surface area contributed by atoms with Crippen molar-refractivity contribution in [3.05, 3.63) is 51.3 Å². The average molecular weight is 323 g/mol. The molecule has 21 heavy (non-hydrogen) atoms. The van der Waals surface area contributed by atoms with Crippen LogP contribution in [0.25, 0.3) is 0 Å². The fourth-order valence-corrected chi connectivity index (χ4v) is 2.68. The van der Waals surface area contributed by atoms with Gasteiger partial charge in [-0.2, -0.15) is 5.10 Å². The van der Waals surface area contributed by atoms with Crippen LogP contribution in [0.5, 0.6) is 5.75 Å². The van der Waals surface area contributed by atoms with Crippen LogP contribution in [0.15, 0.2) is 24.3 Å². The third-order valence-corrected chi connectivity index (χ3v) is 4.51. The van der Waals surface area contributed by atoms with Crippen LogP contribution >= 0.6 is 23.2 Å². The smallest absolute Gasteiger partial charge is 0.151 e. The summed E-state index contributed by atoms with van der Waals surface area (Å²) in [5.74, 6) is 1.47. The van der Waals surface area contributed by atoms with Crippen LogP contribution in [0.2, 0.25) is 10.2 Å². The molecule has 0 radical (unpaired) electrons. The Kier molecular flexibility index (Phi) is 4.32. The van der Waals surface area contributed by atoms with Crippen molar-refractivity contribution in [2.24, 2.45) is 0 Å². The molecule has 1 aromatic heterocycles. The van der Waals surface area contributed by atoms with Gasteiger partial charge in [-0.1, -0.05) is 29.6 Å². The number of nitrogens with zero attached hydrogens (tertiary/aromatic N) is 2. The minimum atomic E-state index is 0.380. The summed E-state index contributed by atoms with van der Waals surface area (Å²) in [6.45, 7) is 2.37. The van der Waals surface area contributed by atoms with Crippen molar-refractivity contribution in [2.75, 3.05) is 0 Å². The van der Waals surface area contributed by atoms with E-state index in [0.717, 1.165) is 22.0 Å². The molecule has 0 atom stereocenters. The molecule has 0 amide bonds. The highest BCUT2D eigenvalue weighted by atomic mass is 35.5. The first kappa shape index (κ1) is 14.6. The first-order chi connectivity index (χ1) is 10.1. The molecule has 3 nitrogen and oxygen atoms in total. The van der Waals surface area contributed by atoms with E-state index in [9.17, 15) is 0 Å². The second-order valence-electron chi connectivity index (χ2n) is 5.40. The lowest BCUT2D eigenvalue weighted by Gasteiger charge is -2.28. The van der Waals surface area contributed by atoms with Gasteiger partial charge in [0.15, 0.2) is 5.15 Å². The zero-order valence-corrected chi connectivity index (χ0v) is 13.3. The summed E-state index contributed by atoms with van der Waals surface area (Å²) in [5, 5.41) is 9.02. The quantitative estimate of drug-likeness (QED) is 0.799. The van der Waals surface area contributed by atoms with E-state index in [-0.39, 0.29) is 0 Å². The van der Waals surface area contributed by atoms with Crippen molar-refractivity contribution >= 4 is 23.2 Å². The molecule has 3 rings (SSSR count). The van der Waals surface area contributed by atoms with Crippen molar-refractivity contribution in [2.45, 2.75) is 38.7 Å². The molecule has 0 saturated heterocycles. The van der Waals surface area contributed by atoms with Gasteiger partial charge < -0.3 is 4.74 Å². The highest BCUT2D eigenvalue weighted by molar-refractivity contribution is 6.31. The average Bonchev–Trinajstić information content (AvgIpc) is 2.41. The molecule has 0 N–H and O–H groups in total. The molecule has 1 heterocycles. The SMILES string of the molecule is Cc1cc(OCc2ccc(Cl)nn2)c(C2CCC2)cc1Cl. The Balaban J connectivity index is 1.80. The molecular weight excluding hydrogens is 307 g/mol. The van der Waals surface area contributed by atoms with Crippen LogP contribution in [0.1, 0.15) is 42.0 Å². The summed E-state index contributed by atoms with van der Waals surface area (Å²) in [6.07, 6.45) is 3.69. The van der Waals surface area contributed by atoms with Crippen molar-refractivity contribution in [3.63, 3.8) is 0 Å². The number of hydrogen-bond acceptors (Lipinski definition) is 3. The third kappa shape index (κ3) is 3.30. The fourth-order valence-electron chi connectivity index (χ4n) is 2.41. The molecule has 0 aliphatic heterocycles. The molecule has 1 aromatic carbocycles. The van der Waals surface area contributed by atoms with E-state index in [0.29, 0.717) is 17.7 Å². The molecule has 110 valence electrons. The van der Waals surface area contributed by atoms with Gasteiger partial charge in [-0.25, -0.2) is 0 Å². The maximum Gasteiger partial charge on any atom is 0.151 e. The molecule has 1 fully saturated rings. The van der Waals surface area contributed by atoms with Gasteiger partial charge in [0.1, 0.15) is 18.1 Å². The molecule has 5 heteroatoms. The number of aryl methyl sites for hydroxylation is 1. The monoisotopic (exact) mass is 322 g/mol. The van der Waals surface area contributed by atoms with Gasteiger partial charge >= 0.3 is 0 Å². The second kappa shape index (κ2) is 6.20. The maximum atomic E-state index is 6.25. The number of aromatic nitrogens is 2. The summed E-state index contributed by atoms with van der Waals surface area (Å²) in [7, 11) is 0. The molecule has 0 bridgehead atoms. The Hall–Kier alpha value is -1.32. The molecule has 2 aromatic rings. The Morgan fingerprint density at radius 3 is 2.62 bits per heavy atom. The van der Waals surface area contributed by atoms with Crippen LogP contribution in [-0.4, -0.2) is 10.2 Å². The lowest BCUT2D eigenvalue weighted by atomic mass is 9.79. The predicted octanol–water partition coefficient (Wildman–Crippen LogP) is 4.94. The highest BCUT2D eigenvalue weighted by Gasteiger charge is 2.24. The lowest BCUT2D eigenvalue weighted by molar-refractivity contribution is 0.288. The van der Waals surface area contributed by atoms with Crippen LogP contribution in [0.3, 0.4) is 0 Å². The molecule has 1 saturated carbocycles. The number of halogens is 2. The Morgan fingerprint density at radius 2 is 2.00 bits per heavy atom. The zero-order valence-electron chi connectivity index (χ0n) is 11.8. The van der Waals surface area contributed by atoms with Crippen molar-refractivity contribution in [1.82, 2.24) is 10.2 Å². The molecule has 0 unspecified atom stereocenters. The van der Waals surface area contributed by atoms with Crippen LogP contribution in [0, 0.1) is 6.92 Å². The standard InChI is InChI=1S/C16H16Cl2N2O/c1-10-7-15(13(8-14(10)17)11-3-2-4-11)21-9-12-5-6-16(18)20-19-12/h5-8,11H,2-4,9H2,1H3. The van der Waals surface area contributed by atoms with E-state index >= 15 is 0 Å². The van der Waals surface area contributed by atoms with Gasteiger partial charge in [-0.3, -0.25) is 0 Å². The molecule has 1 aliphatic rings. The minimum Gasteiger partial charge on any atom is -0.487 e. The Labute approximate surface area is 134 Å². The van der Waals surface area contributed by atoms with Gasteiger partial charge in [0.25, 0.3) is 0 Å². The van der Waals surface area contributed by atoms with Crippen molar-refractivity contribution in [3.8, 4) is 5.75 Å². The fraction of sp³-hybridized carbons (Fsp3) is 0.375. The van der Waals surface area contributed by atoms with Gasteiger partial charge in [0.2, 0.25) is 0 Å². The second-order valence-corrected chi connectivity index (χ2v) is 6.20. The third-order valence-electron chi connectivity index (χ3n) is 3.90. The van der Waals surface area contributed by atoms with E-state index in [1.807, 2.05) is 25.1 Å². The van der Waals surface area contributed by atoms with Gasteiger partial charge in [0.05, 0.1) is 0 Å². The van der Waals surface area contributed by atoms with Crippen LogP contribution in [-0.2, 0) is 6.61 Å². The first-order valence-corrected chi connectivity index (χ1v) is 7.80. The van der Waals surface area contributed by atoms with Gasteiger partial charge in [0, 0.05) is 5.02 Å². The Bertz CT molecular complexity index is 639. The van der Waals surface area contributed by atoms with E-state index in [4.69, 9.17) is 27.9 Å². The van der Waals surface area contributed by atoms with E-state index < -0.39 is 0 Å². The van der Waals surface area contributed by atoms with Gasteiger partial charge in [-0.05, 0) is 61.1 Å². The molecule has 0 spiro atoms. The van der Waals surface area contributed by atoms with Crippen LogP contribution < -0.4 is 4.74 Å². The molecule has 1 aliphatic carbocycles. The molecular formula is C16H16Cl2N2O. The first-order valence-electron chi connectivity index (χ1n) is 7.04. The zero-order chi connectivity index (χ0) is 14.8. The summed E-state index contributed by atoms with van der Waals surface area (Å²) >= 11 is 12.0. The normalized spacial score (nSPS) is 14.8. The Morgan fingerprint density at radius 1 is 1.19 bits per heavy atom. The van der Waals surface area contributed by atoms with E-state index in [1.54, 1.807) is 6.07 Å². The van der Waals surface area contributed by atoms with E-state index in [2.05, 4.69) is 10.2 Å². The summed E-state index contributed by atoms with van der Waals surface area (Å²) in [4.78, 5) is 0. The summed E-state index contributed by atoms with van der Waals surface area (Å²) < 4.78 is 5.95. The largest absolute Gasteiger partial charge is 0.487 e. The van der Waals surface area contributed by atoms with Crippen molar-refractivity contribution < 1.29 is 4.74 Å². The summed E-state index contributed by atoms with van der Waals surface area (Å²) in [6, 6.07) is 7.59. The number of ether oxygens (including phenoxy) is 1. The number of hydrogen-bond donors (Lipinski definition) is 0. The number of rotatable bonds is 4. The summed E-state index contributed by atoms with van der Waals surface area (Å²) in [5.41, 5.74) is 2.99. The highest BCUT2D eigenvalue weighted by Crippen LogP contribution is 2.42. The lowest BCUT2D eigenvalue weighted by Crippen LogP contribution is -2.11. The van der Waals surface area contributed by atoms with Crippen molar-refractivity contribution in [1.29, 1.82) is 0 Å². The van der Waals surface area contributed by atoms with Crippen LogP contribution in [0.4, 0.5) is 0 Å². The van der Waals surface area contributed by atoms with Gasteiger partial charge in [-0.15, -0.1) is 5.10 Å².